The second-order valence-corrected chi connectivity index (χ2v) is 2.63. The molecule has 0 bridgehead atoms. The molecule has 0 unspecified atom stereocenters. The van der Waals surface area contributed by atoms with Crippen LogP contribution < -0.4 is 5.73 Å². The van der Waals surface area contributed by atoms with E-state index in [2.05, 4.69) is 10.2 Å². The van der Waals surface area contributed by atoms with Crippen molar-refractivity contribution in [2.45, 2.75) is 25.4 Å². The van der Waals surface area contributed by atoms with Crippen molar-refractivity contribution < 1.29 is 0 Å². The first-order chi connectivity index (χ1) is 4.88. The fraction of sp³-hybridized carbons (Fsp3) is 0.667. The molecule has 0 saturated heterocycles. The van der Waals surface area contributed by atoms with Crippen LogP contribution in [-0.2, 0) is 6.54 Å². The lowest BCUT2D eigenvalue weighted by atomic mass is 10.1. The van der Waals surface area contributed by atoms with Gasteiger partial charge in [0.25, 0.3) is 0 Å². The van der Waals surface area contributed by atoms with E-state index in [1.807, 2.05) is 4.57 Å². The van der Waals surface area contributed by atoms with Gasteiger partial charge in [0.15, 0.2) is 0 Å². The minimum absolute atomic E-state index is 0.108. The monoisotopic (exact) mass is 138 g/mol. The highest BCUT2D eigenvalue weighted by molar-refractivity contribution is 4.96. The van der Waals surface area contributed by atoms with Crippen LogP contribution in [0.5, 0.6) is 0 Å². The Balaban J connectivity index is 2.41. The Bertz CT molecular complexity index is 229. The van der Waals surface area contributed by atoms with E-state index in [4.69, 9.17) is 5.73 Å². The minimum Gasteiger partial charge on any atom is -0.321 e. The molecule has 4 heteroatoms. The van der Waals surface area contributed by atoms with Crippen LogP contribution in [0.1, 0.15) is 24.7 Å². The van der Waals surface area contributed by atoms with Gasteiger partial charge in [0.2, 0.25) is 0 Å². The summed E-state index contributed by atoms with van der Waals surface area (Å²) < 4.78 is 2.02. The molecule has 10 heavy (non-hydrogen) atoms. The van der Waals surface area contributed by atoms with Gasteiger partial charge in [-0.2, -0.15) is 0 Å². The standard InChI is InChI=1S/C6H10N4/c7-5-2-1-3-10-4-8-9-6(5)10/h4-5H,1-3,7H2/t5-/m0/s1. The Morgan fingerprint density at radius 1 is 1.70 bits per heavy atom. The van der Waals surface area contributed by atoms with Crippen molar-refractivity contribution in [3.63, 3.8) is 0 Å². The van der Waals surface area contributed by atoms with Gasteiger partial charge < -0.3 is 10.3 Å². The van der Waals surface area contributed by atoms with Crippen LogP contribution in [0.25, 0.3) is 0 Å². The molecular weight excluding hydrogens is 128 g/mol. The lowest BCUT2D eigenvalue weighted by Crippen LogP contribution is -2.21. The van der Waals surface area contributed by atoms with E-state index in [0.29, 0.717) is 0 Å². The van der Waals surface area contributed by atoms with Gasteiger partial charge in [-0.25, -0.2) is 0 Å². The number of aryl methyl sites for hydroxylation is 1. The Morgan fingerprint density at radius 2 is 2.60 bits per heavy atom. The van der Waals surface area contributed by atoms with Gasteiger partial charge in [-0.1, -0.05) is 0 Å². The summed E-state index contributed by atoms with van der Waals surface area (Å²) in [5, 5.41) is 7.71. The highest BCUT2D eigenvalue weighted by Gasteiger charge is 2.17. The van der Waals surface area contributed by atoms with Crippen LogP contribution in [0.2, 0.25) is 0 Å². The number of hydrogen-bond donors (Lipinski definition) is 1. The lowest BCUT2D eigenvalue weighted by molar-refractivity contribution is 0.451. The number of nitrogens with two attached hydrogens (primary N) is 1. The molecule has 4 nitrogen and oxygen atoms in total. The molecule has 0 saturated carbocycles. The summed E-state index contributed by atoms with van der Waals surface area (Å²) in [6, 6.07) is 0.108. The third-order valence-electron chi connectivity index (χ3n) is 1.89. The zero-order valence-electron chi connectivity index (χ0n) is 5.70. The summed E-state index contributed by atoms with van der Waals surface area (Å²) >= 11 is 0. The molecule has 1 aromatic rings. The summed E-state index contributed by atoms with van der Waals surface area (Å²) in [7, 11) is 0. The van der Waals surface area contributed by atoms with Gasteiger partial charge in [0.1, 0.15) is 12.2 Å². The van der Waals surface area contributed by atoms with Gasteiger partial charge in [-0.05, 0) is 12.8 Å². The quantitative estimate of drug-likeness (QED) is 0.552. The first-order valence-electron chi connectivity index (χ1n) is 3.51. The van der Waals surface area contributed by atoms with E-state index < -0.39 is 0 Å². The molecule has 1 aliphatic heterocycles. The van der Waals surface area contributed by atoms with Gasteiger partial charge >= 0.3 is 0 Å². The third-order valence-corrected chi connectivity index (χ3v) is 1.89. The molecule has 0 amide bonds. The Labute approximate surface area is 59.1 Å². The van der Waals surface area contributed by atoms with Crippen molar-refractivity contribution in [1.29, 1.82) is 0 Å². The summed E-state index contributed by atoms with van der Waals surface area (Å²) in [4.78, 5) is 0. The molecular formula is C6H10N4. The van der Waals surface area contributed by atoms with Crippen LogP contribution in [-0.4, -0.2) is 14.8 Å². The molecule has 0 aromatic carbocycles. The third kappa shape index (κ3) is 0.724. The molecule has 0 radical (unpaired) electrons. The first kappa shape index (κ1) is 5.85. The van der Waals surface area contributed by atoms with Crippen molar-refractivity contribution in [1.82, 2.24) is 14.8 Å². The molecule has 2 heterocycles. The molecule has 0 fully saturated rings. The normalized spacial score (nSPS) is 24.3. The van der Waals surface area contributed by atoms with Gasteiger partial charge in [0, 0.05) is 6.54 Å². The van der Waals surface area contributed by atoms with E-state index in [1.165, 1.54) is 0 Å². The maximum atomic E-state index is 5.77. The van der Waals surface area contributed by atoms with E-state index in [1.54, 1.807) is 6.33 Å². The molecule has 54 valence electrons. The Morgan fingerprint density at radius 3 is 3.40 bits per heavy atom. The molecule has 1 atom stereocenters. The topological polar surface area (TPSA) is 56.7 Å². The largest absolute Gasteiger partial charge is 0.321 e. The predicted molar refractivity (Wildman–Crippen MR) is 36.2 cm³/mol. The Hall–Kier alpha value is -0.900. The van der Waals surface area contributed by atoms with Crippen LogP contribution in [0.15, 0.2) is 6.33 Å². The van der Waals surface area contributed by atoms with E-state index >= 15 is 0 Å². The zero-order chi connectivity index (χ0) is 6.97. The number of hydrogen-bond acceptors (Lipinski definition) is 3. The highest BCUT2D eigenvalue weighted by Crippen LogP contribution is 2.18. The molecule has 1 aliphatic rings. The minimum atomic E-state index is 0.108. The fourth-order valence-electron chi connectivity index (χ4n) is 1.33. The summed E-state index contributed by atoms with van der Waals surface area (Å²) in [6.45, 7) is 1.02. The number of rotatable bonds is 0. The number of nitrogens with zero attached hydrogens (tertiary/aromatic N) is 3. The van der Waals surface area contributed by atoms with Crippen molar-refractivity contribution in [2.75, 3.05) is 0 Å². The van der Waals surface area contributed by atoms with Gasteiger partial charge in [0.05, 0.1) is 6.04 Å². The average Bonchev–Trinajstić information content (AvgIpc) is 2.36. The summed E-state index contributed by atoms with van der Waals surface area (Å²) in [6.07, 6.45) is 3.93. The van der Waals surface area contributed by atoms with Crippen molar-refractivity contribution in [2.24, 2.45) is 5.73 Å². The van der Waals surface area contributed by atoms with Crippen LogP contribution in [0.3, 0.4) is 0 Å². The van der Waals surface area contributed by atoms with E-state index in [-0.39, 0.29) is 6.04 Å². The molecule has 2 N–H and O–H groups in total. The lowest BCUT2D eigenvalue weighted by Gasteiger charge is -2.17. The average molecular weight is 138 g/mol. The molecule has 0 spiro atoms. The highest BCUT2D eigenvalue weighted by atomic mass is 15.3. The van der Waals surface area contributed by atoms with Crippen molar-refractivity contribution in [3.05, 3.63) is 12.2 Å². The zero-order valence-corrected chi connectivity index (χ0v) is 5.70. The van der Waals surface area contributed by atoms with Crippen LogP contribution in [0, 0.1) is 0 Å². The maximum absolute atomic E-state index is 5.77. The smallest absolute Gasteiger partial charge is 0.149 e. The molecule has 2 rings (SSSR count). The van der Waals surface area contributed by atoms with Gasteiger partial charge in [-0.3, -0.25) is 0 Å². The summed E-state index contributed by atoms with van der Waals surface area (Å²) in [5.74, 6) is 0.936. The molecule has 1 aromatic heterocycles. The predicted octanol–water partition coefficient (Wildman–Crippen LogP) is 0.0717. The Kier molecular flexibility index (Phi) is 1.20. The van der Waals surface area contributed by atoms with Gasteiger partial charge in [-0.15, -0.1) is 10.2 Å². The fourth-order valence-corrected chi connectivity index (χ4v) is 1.33. The van der Waals surface area contributed by atoms with E-state index in [9.17, 15) is 0 Å². The van der Waals surface area contributed by atoms with Crippen molar-refractivity contribution >= 4 is 0 Å². The van der Waals surface area contributed by atoms with Crippen molar-refractivity contribution in [3.8, 4) is 0 Å². The summed E-state index contributed by atoms with van der Waals surface area (Å²) in [5.41, 5.74) is 5.77. The molecule has 0 aliphatic carbocycles. The van der Waals surface area contributed by atoms with E-state index in [0.717, 1.165) is 25.2 Å². The van der Waals surface area contributed by atoms with Crippen LogP contribution in [0.4, 0.5) is 0 Å². The second kappa shape index (κ2) is 2.05. The number of fused-ring (bicyclic) bond motifs is 1. The first-order valence-corrected chi connectivity index (χ1v) is 3.51. The van der Waals surface area contributed by atoms with Crippen LogP contribution >= 0.6 is 0 Å². The second-order valence-electron chi connectivity index (χ2n) is 2.63. The maximum Gasteiger partial charge on any atom is 0.149 e. The SMILES string of the molecule is N[C@H]1CCCn2cnnc21. The number of aromatic nitrogens is 3.